The Hall–Kier alpha value is -1.41. The maximum absolute atomic E-state index is 13.5. The molecule has 5 nitrogen and oxygen atoms in total. The number of carboxylic acids is 1. The van der Waals surface area contributed by atoms with Gasteiger partial charge in [-0.05, 0) is 40.8 Å². The first-order valence-electron chi connectivity index (χ1n) is 9.54. The SMILES string of the molecule is COc1c(Cl)cc(C(C)C)c(/C=C/C(O)CC(O)CC(=O)[O-])c1-c1ccc(F)cc1.[Na+]. The smallest absolute Gasteiger partial charge is 0.550 e. The summed E-state index contributed by atoms with van der Waals surface area (Å²) in [5.41, 5.74) is 2.95. The van der Waals surface area contributed by atoms with Gasteiger partial charge < -0.3 is 24.9 Å². The fourth-order valence-corrected chi connectivity index (χ4v) is 3.56. The van der Waals surface area contributed by atoms with E-state index in [0.717, 1.165) is 11.1 Å². The molecule has 0 spiro atoms. The zero-order valence-electron chi connectivity index (χ0n) is 18.1. The van der Waals surface area contributed by atoms with Crippen molar-refractivity contribution in [2.24, 2.45) is 0 Å². The number of aliphatic carboxylic acids is 1. The van der Waals surface area contributed by atoms with E-state index >= 15 is 0 Å². The average molecular weight is 459 g/mol. The van der Waals surface area contributed by atoms with Gasteiger partial charge in [-0.2, -0.15) is 0 Å². The van der Waals surface area contributed by atoms with Gasteiger partial charge in [-0.1, -0.05) is 49.7 Å². The predicted octanol–water partition coefficient (Wildman–Crippen LogP) is 0.547. The average Bonchev–Trinajstić information content (AvgIpc) is 2.66. The molecule has 8 heteroatoms. The van der Waals surface area contributed by atoms with Gasteiger partial charge in [0.1, 0.15) is 11.6 Å². The summed E-state index contributed by atoms with van der Waals surface area (Å²) >= 11 is 6.44. The molecule has 2 N–H and O–H groups in total. The van der Waals surface area contributed by atoms with E-state index in [2.05, 4.69) is 0 Å². The summed E-state index contributed by atoms with van der Waals surface area (Å²) in [5, 5.41) is 31.0. The third-order valence-corrected chi connectivity index (χ3v) is 4.95. The van der Waals surface area contributed by atoms with Gasteiger partial charge in [0, 0.05) is 24.4 Å². The van der Waals surface area contributed by atoms with Crippen molar-refractivity contribution < 1.29 is 58.8 Å². The van der Waals surface area contributed by atoms with Crippen LogP contribution in [-0.2, 0) is 4.79 Å². The fourth-order valence-electron chi connectivity index (χ4n) is 3.27. The first-order chi connectivity index (χ1) is 14.1. The summed E-state index contributed by atoms with van der Waals surface area (Å²) < 4.78 is 19.0. The molecule has 0 aliphatic heterocycles. The number of benzene rings is 2. The Morgan fingerprint density at radius 3 is 2.39 bits per heavy atom. The first-order valence-corrected chi connectivity index (χ1v) is 9.92. The molecule has 0 amide bonds. The largest absolute Gasteiger partial charge is 1.00 e. The number of ether oxygens (including phenoxy) is 1. The van der Waals surface area contributed by atoms with Gasteiger partial charge in [0.2, 0.25) is 0 Å². The maximum atomic E-state index is 13.5. The van der Waals surface area contributed by atoms with E-state index in [9.17, 15) is 24.5 Å². The van der Waals surface area contributed by atoms with Crippen LogP contribution in [0.25, 0.3) is 17.2 Å². The van der Waals surface area contributed by atoms with Crippen molar-refractivity contribution in [2.75, 3.05) is 7.11 Å². The molecule has 162 valence electrons. The van der Waals surface area contributed by atoms with Gasteiger partial charge in [-0.15, -0.1) is 0 Å². The number of hydrogen-bond acceptors (Lipinski definition) is 5. The minimum absolute atomic E-state index is 0. The third-order valence-electron chi connectivity index (χ3n) is 4.67. The van der Waals surface area contributed by atoms with E-state index in [4.69, 9.17) is 16.3 Å². The zero-order chi connectivity index (χ0) is 22.4. The number of aliphatic hydroxyl groups is 2. The summed E-state index contributed by atoms with van der Waals surface area (Å²) in [6, 6.07) is 7.69. The minimum atomic E-state index is -1.39. The van der Waals surface area contributed by atoms with Crippen molar-refractivity contribution in [3.63, 3.8) is 0 Å². The van der Waals surface area contributed by atoms with Crippen LogP contribution in [0.5, 0.6) is 5.75 Å². The van der Waals surface area contributed by atoms with Crippen LogP contribution < -0.4 is 39.4 Å². The normalized spacial score (nSPS) is 13.2. The predicted molar refractivity (Wildman–Crippen MR) is 113 cm³/mol. The van der Waals surface area contributed by atoms with Crippen LogP contribution in [0.1, 0.15) is 43.7 Å². The summed E-state index contributed by atoms with van der Waals surface area (Å²) in [5.74, 6) is -1.27. The van der Waals surface area contributed by atoms with Crippen molar-refractivity contribution in [3.05, 3.63) is 58.4 Å². The van der Waals surface area contributed by atoms with Crippen molar-refractivity contribution in [1.29, 1.82) is 0 Å². The second-order valence-corrected chi connectivity index (χ2v) is 7.73. The van der Waals surface area contributed by atoms with Crippen molar-refractivity contribution in [1.82, 2.24) is 0 Å². The van der Waals surface area contributed by atoms with Crippen LogP contribution in [-0.4, -0.2) is 35.5 Å². The van der Waals surface area contributed by atoms with E-state index in [1.54, 1.807) is 24.3 Å². The summed E-state index contributed by atoms with van der Waals surface area (Å²) in [6.07, 6.45) is 0.136. The molecule has 2 rings (SSSR count). The Bertz CT molecular complexity index is 915. The monoisotopic (exact) mass is 458 g/mol. The Labute approximate surface area is 208 Å². The molecule has 0 aliphatic rings. The minimum Gasteiger partial charge on any atom is -0.550 e. The molecular weight excluding hydrogens is 434 g/mol. The van der Waals surface area contributed by atoms with Gasteiger partial charge in [-0.25, -0.2) is 4.39 Å². The summed E-state index contributed by atoms with van der Waals surface area (Å²) in [7, 11) is 1.49. The molecule has 0 bridgehead atoms. The van der Waals surface area contributed by atoms with E-state index < -0.39 is 24.6 Å². The Kier molecular flexibility index (Phi) is 11.2. The van der Waals surface area contributed by atoms with Crippen LogP contribution >= 0.6 is 11.6 Å². The zero-order valence-corrected chi connectivity index (χ0v) is 20.8. The Balaban J connectivity index is 0.00000480. The second-order valence-electron chi connectivity index (χ2n) is 7.32. The second kappa shape index (κ2) is 12.6. The standard InChI is InChI=1S/C23H26ClFO5.Na/c1-13(2)19-12-20(24)23(30-3)22(14-4-6-15(25)7-5-14)18(19)9-8-16(26)10-17(27)11-21(28)29;/h4-9,12-13,16-17,26-27H,10-11H2,1-3H3,(H,28,29);/q;+1/p-1/b9-8+;. The van der Waals surface area contributed by atoms with Gasteiger partial charge in [0.15, 0.2) is 0 Å². The molecule has 2 aromatic carbocycles. The number of halogens is 2. The third kappa shape index (κ3) is 7.59. The first kappa shape index (κ1) is 27.6. The van der Waals surface area contributed by atoms with E-state index in [0.29, 0.717) is 21.9 Å². The van der Waals surface area contributed by atoms with Crippen LogP contribution in [0.4, 0.5) is 4.39 Å². The number of methoxy groups -OCH3 is 1. The molecule has 0 fully saturated rings. The number of carbonyl (C=O) groups excluding carboxylic acids is 1. The maximum Gasteiger partial charge on any atom is 1.00 e. The van der Waals surface area contributed by atoms with Crippen molar-refractivity contribution in [3.8, 4) is 16.9 Å². The molecule has 2 atom stereocenters. The molecule has 0 saturated carbocycles. The van der Waals surface area contributed by atoms with Crippen molar-refractivity contribution >= 4 is 23.6 Å². The Morgan fingerprint density at radius 1 is 1.26 bits per heavy atom. The molecule has 31 heavy (non-hydrogen) atoms. The molecule has 0 heterocycles. The van der Waals surface area contributed by atoms with Crippen molar-refractivity contribution in [2.45, 2.75) is 44.8 Å². The van der Waals surface area contributed by atoms with Crippen LogP contribution in [0.3, 0.4) is 0 Å². The molecule has 0 radical (unpaired) electrons. The van der Waals surface area contributed by atoms with E-state index in [-0.39, 0.29) is 47.7 Å². The molecule has 2 unspecified atom stereocenters. The molecule has 0 saturated heterocycles. The number of aliphatic hydroxyl groups excluding tert-OH is 2. The molecular formula is C23H25ClFNaO5. The topological polar surface area (TPSA) is 89.8 Å². The number of rotatable bonds is 9. The molecule has 2 aromatic rings. The number of carboxylic acid groups (broad SMARTS) is 1. The van der Waals surface area contributed by atoms with Crippen LogP contribution in [0.15, 0.2) is 36.4 Å². The summed E-state index contributed by atoms with van der Waals surface area (Å²) in [6.45, 7) is 3.98. The van der Waals surface area contributed by atoms with E-state index in [1.165, 1.54) is 25.3 Å². The van der Waals surface area contributed by atoms with Crippen LogP contribution in [0.2, 0.25) is 5.02 Å². The van der Waals surface area contributed by atoms with Gasteiger partial charge >= 0.3 is 29.6 Å². The fraction of sp³-hybridized carbons (Fsp3) is 0.348. The number of carbonyl (C=O) groups is 1. The van der Waals surface area contributed by atoms with Gasteiger partial charge in [0.25, 0.3) is 0 Å². The van der Waals surface area contributed by atoms with Gasteiger partial charge in [-0.3, -0.25) is 0 Å². The van der Waals surface area contributed by atoms with E-state index in [1.807, 2.05) is 13.8 Å². The molecule has 0 aromatic heterocycles. The van der Waals surface area contributed by atoms with Crippen LogP contribution in [0, 0.1) is 5.82 Å². The quantitative estimate of drug-likeness (QED) is 0.536. The molecule has 0 aliphatic carbocycles. The Morgan fingerprint density at radius 2 is 1.87 bits per heavy atom. The summed E-state index contributed by atoms with van der Waals surface area (Å²) in [4.78, 5) is 10.6. The van der Waals surface area contributed by atoms with Gasteiger partial charge in [0.05, 0.1) is 24.3 Å². The number of hydrogen-bond donors (Lipinski definition) is 2.